The molecule has 0 aliphatic heterocycles. The van der Waals surface area contributed by atoms with Crippen molar-refractivity contribution in [1.82, 2.24) is 5.32 Å². The molecule has 0 radical (unpaired) electrons. The minimum Gasteiger partial charge on any atom is -0.492 e. The van der Waals surface area contributed by atoms with Crippen LogP contribution in [-0.2, 0) is 6.54 Å². The number of hydrogen-bond donors (Lipinski definition) is 1. The van der Waals surface area contributed by atoms with Crippen LogP contribution in [0, 0.1) is 5.92 Å². The fraction of sp³-hybridized carbons (Fsp3) is 0.600. The molecule has 100 valence electrons. The highest BCUT2D eigenvalue weighted by molar-refractivity contribution is 9.10. The van der Waals surface area contributed by atoms with E-state index < -0.39 is 0 Å². The van der Waals surface area contributed by atoms with Gasteiger partial charge in [0.15, 0.2) is 0 Å². The van der Waals surface area contributed by atoms with Crippen LogP contribution in [0.3, 0.4) is 0 Å². The summed E-state index contributed by atoms with van der Waals surface area (Å²) in [5.41, 5.74) is 1.25. The molecule has 18 heavy (non-hydrogen) atoms. The number of halogens is 1. The third-order valence-electron chi connectivity index (χ3n) is 3.48. The lowest BCUT2D eigenvalue weighted by Crippen LogP contribution is -2.20. The van der Waals surface area contributed by atoms with Gasteiger partial charge in [-0.1, -0.05) is 25.5 Å². The SMILES string of the molecule is CCCNCc1cccc(Br)c1OCC1CCC1. The summed E-state index contributed by atoms with van der Waals surface area (Å²) in [6, 6.07) is 6.27. The van der Waals surface area contributed by atoms with Crippen LogP contribution in [0.2, 0.25) is 0 Å². The van der Waals surface area contributed by atoms with Crippen LogP contribution in [0.5, 0.6) is 5.75 Å². The van der Waals surface area contributed by atoms with Gasteiger partial charge in [0.1, 0.15) is 5.75 Å². The molecule has 3 heteroatoms. The first-order valence-electron chi connectivity index (χ1n) is 6.92. The highest BCUT2D eigenvalue weighted by Crippen LogP contribution is 2.32. The summed E-state index contributed by atoms with van der Waals surface area (Å²) in [6.45, 7) is 4.98. The molecule has 1 aromatic rings. The van der Waals surface area contributed by atoms with E-state index in [2.05, 4.69) is 46.4 Å². The maximum Gasteiger partial charge on any atom is 0.137 e. The predicted octanol–water partition coefficient (Wildman–Crippen LogP) is 4.13. The van der Waals surface area contributed by atoms with E-state index in [4.69, 9.17) is 4.74 Å². The van der Waals surface area contributed by atoms with Crippen molar-refractivity contribution in [2.45, 2.75) is 39.2 Å². The average Bonchev–Trinajstić information content (AvgIpc) is 2.30. The topological polar surface area (TPSA) is 21.3 Å². The zero-order valence-corrected chi connectivity index (χ0v) is 12.6. The molecular weight excluding hydrogens is 290 g/mol. The molecule has 0 bridgehead atoms. The lowest BCUT2D eigenvalue weighted by atomic mass is 9.86. The van der Waals surface area contributed by atoms with Gasteiger partial charge in [0.2, 0.25) is 0 Å². The molecule has 1 aliphatic rings. The summed E-state index contributed by atoms with van der Waals surface area (Å²) in [5.74, 6) is 1.79. The van der Waals surface area contributed by atoms with Crippen LogP contribution >= 0.6 is 15.9 Å². The molecule has 1 N–H and O–H groups in total. The summed E-state index contributed by atoms with van der Waals surface area (Å²) in [7, 11) is 0. The third-order valence-corrected chi connectivity index (χ3v) is 4.10. The summed E-state index contributed by atoms with van der Waals surface area (Å²) in [4.78, 5) is 0. The normalized spacial score (nSPS) is 15.4. The molecule has 2 nitrogen and oxygen atoms in total. The van der Waals surface area contributed by atoms with Gasteiger partial charge in [-0.15, -0.1) is 0 Å². The van der Waals surface area contributed by atoms with Crippen molar-refractivity contribution in [2.75, 3.05) is 13.2 Å². The first kappa shape index (κ1) is 13.9. The second kappa shape index (κ2) is 7.15. The minimum atomic E-state index is 0.772. The van der Waals surface area contributed by atoms with Crippen molar-refractivity contribution in [3.8, 4) is 5.75 Å². The van der Waals surface area contributed by atoms with E-state index in [1.54, 1.807) is 0 Å². The molecule has 2 rings (SSSR count). The Hall–Kier alpha value is -0.540. The first-order valence-corrected chi connectivity index (χ1v) is 7.71. The molecule has 1 aromatic carbocycles. The number of rotatable bonds is 7. The second-order valence-corrected chi connectivity index (χ2v) is 5.87. The lowest BCUT2D eigenvalue weighted by molar-refractivity contribution is 0.178. The number of nitrogens with one attached hydrogen (secondary N) is 1. The van der Waals surface area contributed by atoms with Crippen molar-refractivity contribution < 1.29 is 4.74 Å². The summed E-state index contributed by atoms with van der Waals surface area (Å²) >= 11 is 3.59. The smallest absolute Gasteiger partial charge is 0.137 e. The summed E-state index contributed by atoms with van der Waals surface area (Å²) in [6.07, 6.45) is 5.18. The lowest BCUT2D eigenvalue weighted by Gasteiger charge is -2.26. The van der Waals surface area contributed by atoms with E-state index in [9.17, 15) is 0 Å². The van der Waals surface area contributed by atoms with Crippen LogP contribution in [0.15, 0.2) is 22.7 Å². The Morgan fingerprint density at radius 3 is 2.89 bits per heavy atom. The number of ether oxygens (including phenoxy) is 1. The molecule has 1 saturated carbocycles. The van der Waals surface area contributed by atoms with Crippen LogP contribution < -0.4 is 10.1 Å². The Morgan fingerprint density at radius 2 is 2.22 bits per heavy atom. The van der Waals surface area contributed by atoms with E-state index in [0.717, 1.165) is 42.3 Å². The van der Waals surface area contributed by atoms with Crippen LogP contribution in [0.1, 0.15) is 38.2 Å². The van der Waals surface area contributed by atoms with Crippen molar-refractivity contribution in [2.24, 2.45) is 5.92 Å². The van der Waals surface area contributed by atoms with Gasteiger partial charge in [-0.05, 0) is 53.7 Å². The summed E-state index contributed by atoms with van der Waals surface area (Å²) < 4.78 is 7.08. The average molecular weight is 312 g/mol. The summed E-state index contributed by atoms with van der Waals surface area (Å²) in [5, 5.41) is 3.43. The van der Waals surface area contributed by atoms with Gasteiger partial charge < -0.3 is 10.1 Å². The molecule has 0 amide bonds. The minimum absolute atomic E-state index is 0.772. The zero-order chi connectivity index (χ0) is 12.8. The van der Waals surface area contributed by atoms with Crippen LogP contribution in [-0.4, -0.2) is 13.2 Å². The highest BCUT2D eigenvalue weighted by Gasteiger charge is 2.19. The molecular formula is C15H22BrNO. The van der Waals surface area contributed by atoms with Gasteiger partial charge in [0.25, 0.3) is 0 Å². The van der Waals surface area contributed by atoms with Crippen molar-refractivity contribution in [3.63, 3.8) is 0 Å². The van der Waals surface area contributed by atoms with Gasteiger partial charge in [0, 0.05) is 12.1 Å². The van der Waals surface area contributed by atoms with Crippen molar-refractivity contribution in [3.05, 3.63) is 28.2 Å². The number of benzene rings is 1. The fourth-order valence-corrected chi connectivity index (χ4v) is 2.64. The fourth-order valence-electron chi connectivity index (χ4n) is 2.11. The Labute approximate surface area is 118 Å². The molecule has 0 unspecified atom stereocenters. The van der Waals surface area contributed by atoms with Crippen LogP contribution in [0.4, 0.5) is 0 Å². The van der Waals surface area contributed by atoms with Crippen LogP contribution in [0.25, 0.3) is 0 Å². The van der Waals surface area contributed by atoms with E-state index in [1.807, 2.05) is 0 Å². The van der Waals surface area contributed by atoms with Crippen molar-refractivity contribution in [1.29, 1.82) is 0 Å². The molecule has 0 heterocycles. The van der Waals surface area contributed by atoms with Gasteiger partial charge in [0.05, 0.1) is 11.1 Å². The van der Waals surface area contributed by atoms with E-state index in [-0.39, 0.29) is 0 Å². The Bertz CT molecular complexity index is 377. The molecule has 0 spiro atoms. The maximum atomic E-state index is 6.02. The van der Waals surface area contributed by atoms with E-state index >= 15 is 0 Å². The first-order chi connectivity index (χ1) is 8.81. The maximum absolute atomic E-state index is 6.02. The largest absolute Gasteiger partial charge is 0.492 e. The number of hydrogen-bond acceptors (Lipinski definition) is 2. The molecule has 1 aliphatic carbocycles. The second-order valence-electron chi connectivity index (χ2n) is 5.01. The Morgan fingerprint density at radius 1 is 1.39 bits per heavy atom. The van der Waals surface area contributed by atoms with Gasteiger partial charge >= 0.3 is 0 Å². The Balaban J connectivity index is 1.95. The molecule has 0 saturated heterocycles. The highest BCUT2D eigenvalue weighted by atomic mass is 79.9. The van der Waals surface area contributed by atoms with Gasteiger partial charge in [-0.3, -0.25) is 0 Å². The zero-order valence-electron chi connectivity index (χ0n) is 11.0. The van der Waals surface area contributed by atoms with E-state index in [1.165, 1.54) is 24.8 Å². The quantitative estimate of drug-likeness (QED) is 0.765. The standard InChI is InChI=1S/C15H22BrNO/c1-2-9-17-10-13-7-4-8-14(16)15(13)18-11-12-5-3-6-12/h4,7-8,12,17H,2-3,5-6,9-11H2,1H3. The monoisotopic (exact) mass is 311 g/mol. The Kier molecular flexibility index (Phi) is 5.51. The van der Waals surface area contributed by atoms with E-state index in [0.29, 0.717) is 0 Å². The third kappa shape index (κ3) is 3.72. The van der Waals surface area contributed by atoms with Gasteiger partial charge in [-0.2, -0.15) is 0 Å². The molecule has 0 atom stereocenters. The van der Waals surface area contributed by atoms with Crippen molar-refractivity contribution >= 4 is 15.9 Å². The predicted molar refractivity (Wildman–Crippen MR) is 79.0 cm³/mol. The van der Waals surface area contributed by atoms with Gasteiger partial charge in [-0.25, -0.2) is 0 Å². The molecule has 1 fully saturated rings. The molecule has 0 aromatic heterocycles. The number of para-hydroxylation sites is 1.